The molecule has 2 rings (SSSR count). The van der Waals surface area contributed by atoms with Gasteiger partial charge in [0.2, 0.25) is 5.56 Å². The number of benzene rings is 1. The Morgan fingerprint density at radius 2 is 1.94 bits per heavy atom. The summed E-state index contributed by atoms with van der Waals surface area (Å²) in [4.78, 5) is 13.4. The molecule has 0 amide bonds. The predicted molar refractivity (Wildman–Crippen MR) is 67.1 cm³/mol. The highest BCUT2D eigenvalue weighted by atomic mass is 127. The summed E-state index contributed by atoms with van der Waals surface area (Å²) in [7, 11) is -4.29. The Kier molecular flexibility index (Phi) is 2.76. The van der Waals surface area contributed by atoms with Crippen LogP contribution >= 0.6 is 22.6 Å². The van der Waals surface area contributed by atoms with Gasteiger partial charge in [-0.15, -0.1) is 0 Å². The number of fused-ring (bicyclic) bond motifs is 1. The molecule has 5 nitrogen and oxygen atoms in total. The summed E-state index contributed by atoms with van der Waals surface area (Å²) in [5.41, 5.74) is 0.0582. The SMILES string of the molecule is O=c1ccc2c(S(=O)(=O)O)cc(I)cc2[nH]1. The molecule has 2 aromatic rings. The van der Waals surface area contributed by atoms with Gasteiger partial charge in [0.25, 0.3) is 10.1 Å². The van der Waals surface area contributed by atoms with E-state index in [1.54, 1.807) is 6.07 Å². The molecule has 7 heteroatoms. The molecule has 0 saturated carbocycles. The average molecular weight is 351 g/mol. The van der Waals surface area contributed by atoms with Crippen LogP contribution in [0.1, 0.15) is 0 Å². The standard InChI is InChI=1S/C9H6INO4S/c10-5-3-7-6(1-2-9(12)11-7)8(4-5)16(13,14)15/h1-4H,(H,11,12)(H,13,14,15). The van der Waals surface area contributed by atoms with Gasteiger partial charge in [-0.05, 0) is 40.8 Å². The van der Waals surface area contributed by atoms with Crippen LogP contribution in [-0.4, -0.2) is 18.0 Å². The first-order valence-corrected chi connectivity index (χ1v) is 6.70. The second-order valence-corrected chi connectivity index (χ2v) is 5.80. The van der Waals surface area contributed by atoms with E-state index in [0.29, 0.717) is 14.5 Å². The summed E-state index contributed by atoms with van der Waals surface area (Å²) in [5, 5.41) is 0.294. The first-order valence-electron chi connectivity index (χ1n) is 4.18. The molecule has 0 atom stereocenters. The second-order valence-electron chi connectivity index (χ2n) is 3.16. The lowest BCUT2D eigenvalue weighted by molar-refractivity contribution is 0.484. The summed E-state index contributed by atoms with van der Waals surface area (Å²) in [6.07, 6.45) is 0. The topological polar surface area (TPSA) is 87.2 Å². The molecule has 1 heterocycles. The Morgan fingerprint density at radius 1 is 1.25 bits per heavy atom. The third kappa shape index (κ3) is 2.11. The fourth-order valence-electron chi connectivity index (χ4n) is 1.42. The van der Waals surface area contributed by atoms with Crippen molar-refractivity contribution in [1.82, 2.24) is 4.98 Å². The van der Waals surface area contributed by atoms with Gasteiger partial charge in [-0.1, -0.05) is 0 Å². The number of aromatic nitrogens is 1. The maximum Gasteiger partial charge on any atom is 0.295 e. The number of aromatic amines is 1. The number of nitrogens with one attached hydrogen (secondary N) is 1. The molecule has 0 aliphatic rings. The number of pyridine rings is 1. The van der Waals surface area contributed by atoms with Crippen LogP contribution in [-0.2, 0) is 10.1 Å². The fraction of sp³-hybridized carbons (Fsp3) is 0. The molecule has 0 aliphatic heterocycles. The Labute approximate surface area is 104 Å². The first-order chi connectivity index (χ1) is 7.38. The van der Waals surface area contributed by atoms with Gasteiger partial charge < -0.3 is 4.98 Å². The third-order valence-corrected chi connectivity index (χ3v) is 3.56. The molecule has 0 bridgehead atoms. The van der Waals surface area contributed by atoms with Crippen LogP contribution in [0, 0.1) is 3.57 Å². The average Bonchev–Trinajstić information content (AvgIpc) is 2.14. The summed E-state index contributed by atoms with van der Waals surface area (Å²) in [6, 6.07) is 5.56. The highest BCUT2D eigenvalue weighted by Gasteiger charge is 2.15. The van der Waals surface area contributed by atoms with E-state index in [1.807, 2.05) is 22.6 Å². The minimum atomic E-state index is -4.29. The van der Waals surface area contributed by atoms with E-state index >= 15 is 0 Å². The Hall–Kier alpha value is -0.930. The van der Waals surface area contributed by atoms with Crippen LogP contribution in [0.5, 0.6) is 0 Å². The van der Waals surface area contributed by atoms with Crippen LogP contribution in [0.4, 0.5) is 0 Å². The smallest absolute Gasteiger partial charge is 0.295 e. The summed E-state index contributed by atoms with van der Waals surface area (Å²) < 4.78 is 32.0. The molecule has 2 N–H and O–H groups in total. The monoisotopic (exact) mass is 351 g/mol. The molecule has 0 unspecified atom stereocenters. The van der Waals surface area contributed by atoms with Crippen molar-refractivity contribution in [1.29, 1.82) is 0 Å². The van der Waals surface area contributed by atoms with Gasteiger partial charge in [0, 0.05) is 15.0 Å². The number of rotatable bonds is 1. The van der Waals surface area contributed by atoms with Crippen molar-refractivity contribution in [2.24, 2.45) is 0 Å². The maximum atomic E-state index is 11.1. The van der Waals surface area contributed by atoms with Crippen LogP contribution in [0.15, 0.2) is 34.0 Å². The minimum Gasteiger partial charge on any atom is -0.322 e. The van der Waals surface area contributed by atoms with Gasteiger partial charge in [-0.2, -0.15) is 8.42 Å². The van der Waals surface area contributed by atoms with Gasteiger partial charge in [0.15, 0.2) is 0 Å². The molecule has 1 aromatic heterocycles. The van der Waals surface area contributed by atoms with Gasteiger partial charge >= 0.3 is 0 Å². The zero-order valence-corrected chi connectivity index (χ0v) is 10.7. The van der Waals surface area contributed by atoms with Crippen molar-refractivity contribution < 1.29 is 13.0 Å². The molecular weight excluding hydrogens is 345 g/mol. The van der Waals surface area contributed by atoms with Crippen molar-refractivity contribution in [3.63, 3.8) is 0 Å². The Balaban J connectivity index is 3.00. The normalized spacial score (nSPS) is 11.9. The predicted octanol–water partition coefficient (Wildman–Crippen LogP) is 1.38. The van der Waals surface area contributed by atoms with Crippen molar-refractivity contribution in [2.75, 3.05) is 0 Å². The van der Waals surface area contributed by atoms with Gasteiger partial charge in [0.1, 0.15) is 4.90 Å². The lowest BCUT2D eigenvalue weighted by Crippen LogP contribution is -2.06. The largest absolute Gasteiger partial charge is 0.322 e. The molecule has 1 aromatic carbocycles. The van der Waals surface area contributed by atoms with Gasteiger partial charge in [-0.25, -0.2) is 0 Å². The highest BCUT2D eigenvalue weighted by molar-refractivity contribution is 14.1. The molecule has 0 fully saturated rings. The summed E-state index contributed by atoms with van der Waals surface area (Å²) in [6.45, 7) is 0. The lowest BCUT2D eigenvalue weighted by Gasteiger charge is -2.04. The van der Waals surface area contributed by atoms with E-state index in [-0.39, 0.29) is 10.5 Å². The van der Waals surface area contributed by atoms with Crippen LogP contribution < -0.4 is 5.56 Å². The van der Waals surface area contributed by atoms with E-state index in [9.17, 15) is 13.2 Å². The Morgan fingerprint density at radius 3 is 2.56 bits per heavy atom. The van der Waals surface area contributed by atoms with Crippen molar-refractivity contribution in [2.45, 2.75) is 4.90 Å². The van der Waals surface area contributed by atoms with E-state index in [0.717, 1.165) is 0 Å². The highest BCUT2D eigenvalue weighted by Crippen LogP contribution is 2.23. The lowest BCUT2D eigenvalue weighted by atomic mass is 10.2. The molecule has 16 heavy (non-hydrogen) atoms. The molecule has 0 radical (unpaired) electrons. The van der Waals surface area contributed by atoms with E-state index < -0.39 is 10.1 Å². The minimum absolute atomic E-state index is 0.203. The van der Waals surface area contributed by atoms with E-state index in [2.05, 4.69) is 4.98 Å². The van der Waals surface area contributed by atoms with Crippen molar-refractivity contribution in [3.05, 3.63) is 38.2 Å². The van der Waals surface area contributed by atoms with Gasteiger partial charge in [0.05, 0.1) is 5.52 Å². The fourth-order valence-corrected chi connectivity index (χ4v) is 2.98. The van der Waals surface area contributed by atoms with Crippen molar-refractivity contribution in [3.8, 4) is 0 Å². The van der Waals surface area contributed by atoms with Gasteiger partial charge in [-0.3, -0.25) is 9.35 Å². The van der Waals surface area contributed by atoms with Crippen molar-refractivity contribution >= 4 is 43.6 Å². The molecule has 0 aliphatic carbocycles. The molecule has 0 spiro atoms. The Bertz CT molecular complexity index is 720. The first kappa shape index (κ1) is 11.6. The summed E-state index contributed by atoms with van der Waals surface area (Å²) >= 11 is 1.91. The maximum absolute atomic E-state index is 11.1. The van der Waals surface area contributed by atoms with E-state index in [4.69, 9.17) is 4.55 Å². The number of hydrogen-bond acceptors (Lipinski definition) is 3. The number of H-pyrrole nitrogens is 1. The van der Waals surface area contributed by atoms with Crippen LogP contribution in [0.3, 0.4) is 0 Å². The van der Waals surface area contributed by atoms with Crippen LogP contribution in [0.2, 0.25) is 0 Å². The number of halogens is 1. The molecule has 0 saturated heterocycles. The van der Waals surface area contributed by atoms with Crippen LogP contribution in [0.25, 0.3) is 10.9 Å². The zero-order valence-electron chi connectivity index (χ0n) is 7.77. The molecule has 84 valence electrons. The number of hydrogen-bond donors (Lipinski definition) is 2. The quantitative estimate of drug-likeness (QED) is 0.600. The second kappa shape index (κ2) is 3.82. The third-order valence-electron chi connectivity index (χ3n) is 2.04. The van der Waals surface area contributed by atoms with E-state index in [1.165, 1.54) is 18.2 Å². The zero-order chi connectivity index (χ0) is 11.9. The summed E-state index contributed by atoms with van der Waals surface area (Å²) in [5.74, 6) is 0. The molecular formula is C9H6INO4S.